The molecule has 2 aromatic rings. The monoisotopic (exact) mass is 465 g/mol. The molecule has 0 spiro atoms. The van der Waals surface area contributed by atoms with Crippen LogP contribution in [-0.2, 0) is 0 Å². The van der Waals surface area contributed by atoms with Crippen molar-refractivity contribution >= 4 is 5.91 Å². The third-order valence-electron chi connectivity index (χ3n) is 7.23. The standard InChI is InChI=1S/C29H43N3O2/c1-7-10-18-31-20-23(5)32(21-22(31)4)28(26-12-11-13-27(19-26)34-6)24-14-16-25(17-15-24)29(33)30(8-2)9-3/h11-17,19,22-23,28H,7-10,18,20-21H2,1-6H3/t22-,23+,28-/m1/s1. The van der Waals surface area contributed by atoms with Crippen LogP contribution < -0.4 is 4.74 Å². The van der Waals surface area contributed by atoms with Crippen molar-refractivity contribution in [2.75, 3.05) is 39.8 Å². The van der Waals surface area contributed by atoms with Gasteiger partial charge in [0, 0.05) is 43.8 Å². The first-order valence-electron chi connectivity index (χ1n) is 13.0. The summed E-state index contributed by atoms with van der Waals surface area (Å²) in [7, 11) is 1.72. The van der Waals surface area contributed by atoms with E-state index in [1.165, 1.54) is 30.5 Å². The minimum absolute atomic E-state index is 0.0982. The summed E-state index contributed by atoms with van der Waals surface area (Å²) in [6.45, 7) is 15.7. The van der Waals surface area contributed by atoms with Gasteiger partial charge in [0.25, 0.3) is 5.91 Å². The molecule has 0 aliphatic carbocycles. The van der Waals surface area contributed by atoms with E-state index in [0.29, 0.717) is 12.1 Å². The maximum atomic E-state index is 12.9. The van der Waals surface area contributed by atoms with Gasteiger partial charge in [-0.1, -0.05) is 37.6 Å². The molecule has 186 valence electrons. The molecule has 5 nitrogen and oxygen atoms in total. The lowest BCUT2D eigenvalue weighted by Crippen LogP contribution is -2.57. The summed E-state index contributed by atoms with van der Waals surface area (Å²) in [4.78, 5) is 20.0. The van der Waals surface area contributed by atoms with Crippen LogP contribution >= 0.6 is 0 Å². The second-order valence-corrected chi connectivity index (χ2v) is 9.52. The molecule has 0 saturated carbocycles. The fraction of sp³-hybridized carbons (Fsp3) is 0.552. The van der Waals surface area contributed by atoms with Gasteiger partial charge in [-0.2, -0.15) is 0 Å². The lowest BCUT2D eigenvalue weighted by atomic mass is 9.92. The van der Waals surface area contributed by atoms with Crippen LogP contribution in [0.2, 0.25) is 0 Å². The molecule has 3 rings (SSSR count). The van der Waals surface area contributed by atoms with Gasteiger partial charge in [0.1, 0.15) is 5.75 Å². The molecule has 1 saturated heterocycles. The number of piperazine rings is 1. The van der Waals surface area contributed by atoms with E-state index in [1.54, 1.807) is 7.11 Å². The smallest absolute Gasteiger partial charge is 0.253 e. The van der Waals surface area contributed by atoms with E-state index in [4.69, 9.17) is 4.74 Å². The quantitative estimate of drug-likeness (QED) is 0.467. The van der Waals surface area contributed by atoms with Crippen molar-refractivity contribution in [2.24, 2.45) is 0 Å². The first-order valence-corrected chi connectivity index (χ1v) is 13.0. The molecule has 0 aromatic heterocycles. The van der Waals surface area contributed by atoms with Gasteiger partial charge >= 0.3 is 0 Å². The van der Waals surface area contributed by atoms with E-state index in [2.05, 4.69) is 60.9 Å². The predicted molar refractivity (Wildman–Crippen MR) is 141 cm³/mol. The Balaban J connectivity index is 1.94. The summed E-state index contributed by atoms with van der Waals surface area (Å²) in [6.07, 6.45) is 2.48. The molecule has 5 heteroatoms. The van der Waals surface area contributed by atoms with Gasteiger partial charge < -0.3 is 9.64 Å². The molecule has 1 aliphatic heterocycles. The molecule has 34 heavy (non-hydrogen) atoms. The Morgan fingerprint density at radius 2 is 1.71 bits per heavy atom. The summed E-state index contributed by atoms with van der Waals surface area (Å²) < 4.78 is 5.56. The number of rotatable bonds is 10. The van der Waals surface area contributed by atoms with Crippen LogP contribution in [0.3, 0.4) is 0 Å². The Labute approximate surface area is 206 Å². The lowest BCUT2D eigenvalue weighted by Gasteiger charge is -2.47. The van der Waals surface area contributed by atoms with Gasteiger partial charge in [-0.15, -0.1) is 0 Å². The second-order valence-electron chi connectivity index (χ2n) is 9.52. The number of hydrogen-bond acceptors (Lipinski definition) is 4. The molecular weight excluding hydrogens is 422 g/mol. The fourth-order valence-corrected chi connectivity index (χ4v) is 5.15. The first kappa shape index (κ1) is 26.2. The Kier molecular flexibility index (Phi) is 9.54. The highest BCUT2D eigenvalue weighted by Gasteiger charge is 2.34. The number of unbranched alkanes of at least 4 members (excludes halogenated alkanes) is 1. The Hall–Kier alpha value is -2.37. The Bertz CT molecular complexity index is 910. The van der Waals surface area contributed by atoms with Crippen LogP contribution in [0.1, 0.15) is 75.0 Å². The van der Waals surface area contributed by atoms with Crippen molar-refractivity contribution in [2.45, 2.75) is 65.6 Å². The van der Waals surface area contributed by atoms with Crippen LogP contribution in [-0.4, -0.2) is 72.5 Å². The van der Waals surface area contributed by atoms with Crippen LogP contribution in [0.4, 0.5) is 0 Å². The average molecular weight is 466 g/mol. The van der Waals surface area contributed by atoms with Crippen molar-refractivity contribution in [1.82, 2.24) is 14.7 Å². The highest BCUT2D eigenvalue weighted by molar-refractivity contribution is 5.94. The van der Waals surface area contributed by atoms with Crippen molar-refractivity contribution in [3.63, 3.8) is 0 Å². The molecule has 0 N–H and O–H groups in total. The van der Waals surface area contributed by atoms with Crippen LogP contribution in [0.25, 0.3) is 0 Å². The summed E-state index contributed by atoms with van der Waals surface area (Å²) in [6, 6.07) is 17.7. The van der Waals surface area contributed by atoms with Gasteiger partial charge in [-0.25, -0.2) is 0 Å². The number of methoxy groups -OCH3 is 1. The first-order chi connectivity index (χ1) is 16.4. The predicted octanol–water partition coefficient (Wildman–Crippen LogP) is 5.46. The molecule has 3 atom stereocenters. The van der Waals surface area contributed by atoms with E-state index in [9.17, 15) is 4.79 Å². The third kappa shape index (κ3) is 6.00. The summed E-state index contributed by atoms with van der Waals surface area (Å²) in [5, 5.41) is 0. The molecule has 2 aromatic carbocycles. The zero-order chi connectivity index (χ0) is 24.7. The number of benzene rings is 2. The van der Waals surface area contributed by atoms with Gasteiger partial charge in [0.15, 0.2) is 0 Å². The summed E-state index contributed by atoms with van der Waals surface area (Å²) >= 11 is 0. The molecule has 0 bridgehead atoms. The van der Waals surface area contributed by atoms with E-state index in [1.807, 2.05) is 36.9 Å². The Morgan fingerprint density at radius 3 is 2.32 bits per heavy atom. The van der Waals surface area contributed by atoms with E-state index in [0.717, 1.165) is 37.5 Å². The molecule has 1 amide bonds. The van der Waals surface area contributed by atoms with Gasteiger partial charge in [0.05, 0.1) is 13.2 Å². The minimum atomic E-state index is 0.0982. The fourth-order valence-electron chi connectivity index (χ4n) is 5.15. The second kappa shape index (κ2) is 12.4. The number of ether oxygens (including phenoxy) is 1. The topological polar surface area (TPSA) is 36.0 Å². The van der Waals surface area contributed by atoms with E-state index < -0.39 is 0 Å². The SMILES string of the molecule is CCCCN1C[C@H](C)N([C@H](c2ccc(C(=O)N(CC)CC)cc2)c2cccc(OC)c2)C[C@H]1C. The normalized spacial score (nSPS) is 20.2. The number of hydrogen-bond donors (Lipinski definition) is 0. The molecule has 1 aliphatic rings. The number of carbonyl (C=O) groups excluding carboxylic acids is 1. The average Bonchev–Trinajstić information content (AvgIpc) is 2.86. The van der Waals surface area contributed by atoms with Gasteiger partial charge in [0.2, 0.25) is 0 Å². The van der Waals surface area contributed by atoms with Crippen LogP contribution in [0, 0.1) is 0 Å². The number of amides is 1. The highest BCUT2D eigenvalue weighted by Crippen LogP contribution is 2.35. The molecule has 1 heterocycles. The largest absolute Gasteiger partial charge is 0.497 e. The number of carbonyl (C=O) groups is 1. The maximum absolute atomic E-state index is 12.9. The summed E-state index contributed by atoms with van der Waals surface area (Å²) in [5.41, 5.74) is 3.19. The van der Waals surface area contributed by atoms with E-state index >= 15 is 0 Å². The third-order valence-corrected chi connectivity index (χ3v) is 7.23. The van der Waals surface area contributed by atoms with Crippen molar-refractivity contribution in [3.05, 3.63) is 65.2 Å². The molecule has 0 radical (unpaired) electrons. The highest BCUT2D eigenvalue weighted by atomic mass is 16.5. The molecule has 0 unspecified atom stereocenters. The van der Waals surface area contributed by atoms with Crippen molar-refractivity contribution < 1.29 is 9.53 Å². The van der Waals surface area contributed by atoms with Gasteiger partial charge in [-0.05, 0) is 76.1 Å². The van der Waals surface area contributed by atoms with Gasteiger partial charge in [-0.3, -0.25) is 14.6 Å². The van der Waals surface area contributed by atoms with E-state index in [-0.39, 0.29) is 11.9 Å². The lowest BCUT2D eigenvalue weighted by molar-refractivity contribution is 0.0234. The van der Waals surface area contributed by atoms with Crippen LogP contribution in [0.5, 0.6) is 5.75 Å². The zero-order valence-corrected chi connectivity index (χ0v) is 22.0. The number of nitrogens with zero attached hydrogens (tertiary/aromatic N) is 3. The maximum Gasteiger partial charge on any atom is 0.253 e. The minimum Gasteiger partial charge on any atom is -0.497 e. The van der Waals surface area contributed by atoms with Crippen LogP contribution in [0.15, 0.2) is 48.5 Å². The molecule has 1 fully saturated rings. The Morgan fingerprint density at radius 1 is 1.00 bits per heavy atom. The summed E-state index contributed by atoms with van der Waals surface area (Å²) in [5.74, 6) is 0.971. The molecular formula is C29H43N3O2. The van der Waals surface area contributed by atoms with Crippen molar-refractivity contribution in [3.8, 4) is 5.75 Å². The van der Waals surface area contributed by atoms with Crippen molar-refractivity contribution in [1.29, 1.82) is 0 Å². The zero-order valence-electron chi connectivity index (χ0n) is 22.0.